The lowest BCUT2D eigenvalue weighted by molar-refractivity contribution is 0.0879. The lowest BCUT2D eigenvalue weighted by atomic mass is 10.1. The SMILES string of the molecule is O=C(Nc1ccccc1)Nc1ccc(Nc2ccc3c(c2)C(=O)NC3=O)cc1. The molecule has 0 saturated carbocycles. The van der Waals surface area contributed by atoms with Gasteiger partial charge in [-0.2, -0.15) is 0 Å². The fourth-order valence-corrected chi connectivity index (χ4v) is 2.86. The molecular formula is C21H16N4O3. The molecule has 7 heteroatoms. The van der Waals surface area contributed by atoms with E-state index in [0.717, 1.165) is 5.69 Å². The summed E-state index contributed by atoms with van der Waals surface area (Å²) in [5, 5.41) is 10.9. The number of urea groups is 1. The topological polar surface area (TPSA) is 99.3 Å². The van der Waals surface area contributed by atoms with Gasteiger partial charge in [0.15, 0.2) is 0 Å². The molecule has 0 unspecified atom stereocenters. The molecule has 7 nitrogen and oxygen atoms in total. The quantitative estimate of drug-likeness (QED) is 0.521. The molecule has 1 aliphatic rings. The fraction of sp³-hybridized carbons (Fsp3) is 0. The number of hydrogen-bond acceptors (Lipinski definition) is 4. The Kier molecular flexibility index (Phi) is 4.47. The molecule has 3 aromatic rings. The summed E-state index contributed by atoms with van der Waals surface area (Å²) < 4.78 is 0. The molecule has 0 atom stereocenters. The zero-order valence-corrected chi connectivity index (χ0v) is 14.7. The minimum absolute atomic E-state index is 0.332. The van der Waals surface area contributed by atoms with Crippen LogP contribution in [0.25, 0.3) is 0 Å². The Morgan fingerprint density at radius 2 is 1.21 bits per heavy atom. The highest BCUT2D eigenvalue weighted by Crippen LogP contribution is 2.24. The first-order valence-electron chi connectivity index (χ1n) is 8.58. The Labute approximate surface area is 160 Å². The van der Waals surface area contributed by atoms with Gasteiger partial charge in [-0.05, 0) is 54.6 Å². The van der Waals surface area contributed by atoms with E-state index in [0.29, 0.717) is 28.2 Å². The second-order valence-corrected chi connectivity index (χ2v) is 6.19. The Morgan fingerprint density at radius 1 is 0.643 bits per heavy atom. The lowest BCUT2D eigenvalue weighted by Crippen LogP contribution is -2.19. The van der Waals surface area contributed by atoms with Crippen molar-refractivity contribution in [2.24, 2.45) is 0 Å². The largest absolute Gasteiger partial charge is 0.356 e. The summed E-state index contributed by atoms with van der Waals surface area (Å²) in [5.41, 5.74) is 3.53. The van der Waals surface area contributed by atoms with E-state index in [1.807, 2.05) is 18.2 Å². The van der Waals surface area contributed by atoms with Crippen LogP contribution in [0, 0.1) is 0 Å². The van der Waals surface area contributed by atoms with Crippen molar-refractivity contribution in [3.63, 3.8) is 0 Å². The van der Waals surface area contributed by atoms with Crippen LogP contribution in [0.1, 0.15) is 20.7 Å². The highest BCUT2D eigenvalue weighted by molar-refractivity contribution is 6.21. The Morgan fingerprint density at radius 3 is 1.93 bits per heavy atom. The average Bonchev–Trinajstić information content (AvgIpc) is 2.97. The van der Waals surface area contributed by atoms with E-state index in [1.54, 1.807) is 54.6 Å². The van der Waals surface area contributed by atoms with Crippen LogP contribution in [0.15, 0.2) is 72.8 Å². The zero-order chi connectivity index (χ0) is 19.5. The third-order valence-electron chi connectivity index (χ3n) is 4.20. The molecule has 0 saturated heterocycles. The second-order valence-electron chi connectivity index (χ2n) is 6.19. The van der Waals surface area contributed by atoms with Crippen molar-refractivity contribution in [2.45, 2.75) is 0 Å². The highest BCUT2D eigenvalue weighted by Gasteiger charge is 2.26. The number of amides is 4. The summed E-state index contributed by atoms with van der Waals surface area (Å²) in [5.74, 6) is -0.775. The van der Waals surface area contributed by atoms with Crippen molar-refractivity contribution in [1.29, 1.82) is 0 Å². The van der Waals surface area contributed by atoms with Crippen LogP contribution < -0.4 is 21.3 Å². The molecule has 0 aliphatic carbocycles. The van der Waals surface area contributed by atoms with Gasteiger partial charge in [0, 0.05) is 22.7 Å². The van der Waals surface area contributed by atoms with E-state index in [2.05, 4.69) is 21.3 Å². The molecule has 0 radical (unpaired) electrons. The number of hydrogen-bond donors (Lipinski definition) is 4. The predicted octanol–water partition coefficient (Wildman–Crippen LogP) is 3.96. The van der Waals surface area contributed by atoms with Gasteiger partial charge in [0.1, 0.15) is 0 Å². The molecule has 28 heavy (non-hydrogen) atoms. The summed E-state index contributed by atoms with van der Waals surface area (Å²) in [6.07, 6.45) is 0. The van der Waals surface area contributed by atoms with Gasteiger partial charge in [0.05, 0.1) is 11.1 Å². The van der Waals surface area contributed by atoms with Crippen LogP contribution in [0.5, 0.6) is 0 Å². The number of carbonyl (C=O) groups is 3. The maximum Gasteiger partial charge on any atom is 0.323 e. The number of rotatable bonds is 4. The van der Waals surface area contributed by atoms with Crippen LogP contribution >= 0.6 is 0 Å². The smallest absolute Gasteiger partial charge is 0.323 e. The van der Waals surface area contributed by atoms with Crippen molar-refractivity contribution in [2.75, 3.05) is 16.0 Å². The van der Waals surface area contributed by atoms with E-state index in [9.17, 15) is 14.4 Å². The predicted molar refractivity (Wildman–Crippen MR) is 107 cm³/mol. The van der Waals surface area contributed by atoms with Gasteiger partial charge in [0.25, 0.3) is 11.8 Å². The van der Waals surface area contributed by atoms with Crippen LogP contribution in [0.2, 0.25) is 0 Å². The van der Waals surface area contributed by atoms with E-state index in [1.165, 1.54) is 0 Å². The van der Waals surface area contributed by atoms with Gasteiger partial charge < -0.3 is 16.0 Å². The number of imide groups is 1. The first kappa shape index (κ1) is 17.3. The minimum Gasteiger partial charge on any atom is -0.356 e. The van der Waals surface area contributed by atoms with E-state index < -0.39 is 5.91 Å². The standard InChI is InChI=1S/C21H16N4O3/c26-19-17-11-10-16(12-18(17)20(27)25-19)22-14-6-8-15(9-7-14)24-21(28)23-13-4-2-1-3-5-13/h1-12,22H,(H2,23,24,28)(H,25,26,27). The molecular weight excluding hydrogens is 356 g/mol. The Hall–Kier alpha value is -4.13. The minimum atomic E-state index is -0.396. The molecule has 1 aliphatic heterocycles. The second kappa shape index (κ2) is 7.24. The van der Waals surface area contributed by atoms with Gasteiger partial charge in [-0.3, -0.25) is 14.9 Å². The molecule has 4 rings (SSSR count). The van der Waals surface area contributed by atoms with Crippen molar-refractivity contribution in [3.8, 4) is 0 Å². The molecule has 0 fully saturated rings. The maximum absolute atomic E-state index is 12.0. The number of nitrogens with one attached hydrogen (secondary N) is 4. The Balaban J connectivity index is 1.40. The summed E-state index contributed by atoms with van der Waals surface area (Å²) in [4.78, 5) is 35.4. The summed E-state index contributed by atoms with van der Waals surface area (Å²) in [7, 11) is 0. The van der Waals surface area contributed by atoms with Crippen molar-refractivity contribution >= 4 is 40.6 Å². The third kappa shape index (κ3) is 3.68. The van der Waals surface area contributed by atoms with Crippen LogP contribution in [0.3, 0.4) is 0 Å². The molecule has 0 aromatic heterocycles. The van der Waals surface area contributed by atoms with E-state index in [4.69, 9.17) is 0 Å². The van der Waals surface area contributed by atoms with E-state index in [-0.39, 0.29) is 11.9 Å². The summed E-state index contributed by atoms with van der Waals surface area (Å²) in [6.45, 7) is 0. The molecule has 4 N–H and O–H groups in total. The third-order valence-corrected chi connectivity index (χ3v) is 4.20. The average molecular weight is 372 g/mol. The van der Waals surface area contributed by atoms with Crippen molar-refractivity contribution in [3.05, 3.63) is 83.9 Å². The number of fused-ring (bicyclic) bond motifs is 1. The van der Waals surface area contributed by atoms with Gasteiger partial charge in [-0.15, -0.1) is 0 Å². The number of anilines is 4. The molecule has 3 aromatic carbocycles. The van der Waals surface area contributed by atoms with Crippen LogP contribution in [-0.2, 0) is 0 Å². The first-order valence-corrected chi connectivity index (χ1v) is 8.58. The molecule has 138 valence electrons. The van der Waals surface area contributed by atoms with Gasteiger partial charge in [-0.1, -0.05) is 18.2 Å². The highest BCUT2D eigenvalue weighted by atomic mass is 16.2. The molecule has 4 amide bonds. The van der Waals surface area contributed by atoms with Crippen molar-refractivity contribution in [1.82, 2.24) is 5.32 Å². The van der Waals surface area contributed by atoms with Crippen molar-refractivity contribution < 1.29 is 14.4 Å². The number of carbonyl (C=O) groups excluding carboxylic acids is 3. The maximum atomic E-state index is 12.0. The van der Waals surface area contributed by atoms with Crippen LogP contribution in [-0.4, -0.2) is 17.8 Å². The molecule has 0 bridgehead atoms. The first-order chi connectivity index (χ1) is 13.6. The summed E-state index contributed by atoms with van der Waals surface area (Å²) >= 11 is 0. The van der Waals surface area contributed by atoms with Gasteiger partial charge >= 0.3 is 6.03 Å². The van der Waals surface area contributed by atoms with Crippen LogP contribution in [0.4, 0.5) is 27.5 Å². The molecule has 0 spiro atoms. The number of para-hydroxylation sites is 1. The Bertz CT molecular complexity index is 1060. The number of benzene rings is 3. The zero-order valence-electron chi connectivity index (χ0n) is 14.7. The normalized spacial score (nSPS) is 12.1. The van der Waals surface area contributed by atoms with Gasteiger partial charge in [0.2, 0.25) is 0 Å². The molecule has 1 heterocycles. The summed E-state index contributed by atoms with van der Waals surface area (Å²) in [6, 6.07) is 20.9. The fourth-order valence-electron chi connectivity index (χ4n) is 2.86. The van der Waals surface area contributed by atoms with Gasteiger partial charge in [-0.25, -0.2) is 4.79 Å². The lowest BCUT2D eigenvalue weighted by Gasteiger charge is -2.10. The monoisotopic (exact) mass is 372 g/mol. The van der Waals surface area contributed by atoms with E-state index >= 15 is 0 Å².